The average molecular weight is 440 g/mol. The van der Waals surface area contributed by atoms with Gasteiger partial charge >= 0.3 is 0 Å². The molecule has 31 heavy (non-hydrogen) atoms. The number of rotatable bonds is 7. The summed E-state index contributed by atoms with van der Waals surface area (Å²) in [5.74, 6) is 1.73. The monoisotopic (exact) mass is 439 g/mol. The number of hydrogen-bond donors (Lipinski definition) is 0. The zero-order valence-corrected chi connectivity index (χ0v) is 18.4. The van der Waals surface area contributed by atoms with E-state index in [2.05, 4.69) is 0 Å². The molecule has 0 spiro atoms. The third-order valence-electron chi connectivity index (χ3n) is 5.04. The van der Waals surface area contributed by atoms with Gasteiger partial charge in [-0.25, -0.2) is 8.42 Å². The van der Waals surface area contributed by atoms with Crippen LogP contribution in [0.25, 0.3) is 0 Å². The van der Waals surface area contributed by atoms with Crippen molar-refractivity contribution in [2.24, 2.45) is 0 Å². The molecule has 1 heterocycles. The number of benzene rings is 3. The Morgan fingerprint density at radius 1 is 0.903 bits per heavy atom. The molecule has 4 rings (SSSR count). The van der Waals surface area contributed by atoms with Gasteiger partial charge in [-0.05, 0) is 55.3 Å². The normalized spacial score (nSPS) is 13.0. The van der Waals surface area contributed by atoms with Gasteiger partial charge in [-0.1, -0.05) is 30.3 Å². The van der Waals surface area contributed by atoms with E-state index in [9.17, 15) is 8.42 Å². The van der Waals surface area contributed by atoms with Gasteiger partial charge in [0, 0.05) is 6.07 Å². The number of fused-ring (bicyclic) bond motifs is 1. The lowest BCUT2D eigenvalue weighted by Crippen LogP contribution is -2.35. The van der Waals surface area contributed by atoms with E-state index in [-0.39, 0.29) is 18.0 Å². The average Bonchev–Trinajstić information content (AvgIpc) is 2.77. The molecule has 0 atom stereocenters. The predicted molar refractivity (Wildman–Crippen MR) is 120 cm³/mol. The Labute approximate surface area is 183 Å². The lowest BCUT2D eigenvalue weighted by molar-refractivity contribution is 0.171. The van der Waals surface area contributed by atoms with Crippen LogP contribution in [0.3, 0.4) is 0 Å². The van der Waals surface area contributed by atoms with Gasteiger partial charge < -0.3 is 14.2 Å². The van der Waals surface area contributed by atoms with Gasteiger partial charge in [0.05, 0.1) is 17.1 Å². The summed E-state index contributed by atoms with van der Waals surface area (Å²) in [6, 6.07) is 19.8. The minimum absolute atomic E-state index is 0.147. The quantitative estimate of drug-likeness (QED) is 0.548. The van der Waals surface area contributed by atoms with Gasteiger partial charge in [-0.15, -0.1) is 0 Å². The van der Waals surface area contributed by atoms with Crippen molar-refractivity contribution >= 4 is 15.7 Å². The number of anilines is 1. The fraction of sp³-hybridized carbons (Fsp3) is 0.250. The van der Waals surface area contributed by atoms with Crippen molar-refractivity contribution in [3.05, 3.63) is 77.9 Å². The largest absolute Gasteiger partial charge is 0.491 e. The number of hydrogen-bond acceptors (Lipinski definition) is 5. The van der Waals surface area contributed by atoms with Crippen LogP contribution in [0.1, 0.15) is 11.1 Å². The molecule has 162 valence electrons. The van der Waals surface area contributed by atoms with E-state index in [1.165, 1.54) is 10.4 Å². The SMILES string of the molecule is Cc1cccc(N(CCOc2ccccc2C)S(=O)(=O)c2ccc3c(c2)OCCO3)c1. The Morgan fingerprint density at radius 2 is 1.68 bits per heavy atom. The maximum atomic E-state index is 13.6. The van der Waals surface area contributed by atoms with Crippen LogP contribution in [-0.4, -0.2) is 34.8 Å². The molecule has 1 aliphatic rings. The predicted octanol–water partition coefficient (Wildman–Crippen LogP) is 4.35. The van der Waals surface area contributed by atoms with Crippen LogP contribution in [0.15, 0.2) is 71.6 Å². The highest BCUT2D eigenvalue weighted by atomic mass is 32.2. The molecule has 0 aromatic heterocycles. The van der Waals surface area contributed by atoms with E-state index in [0.29, 0.717) is 30.4 Å². The van der Waals surface area contributed by atoms with E-state index in [1.807, 2.05) is 56.3 Å². The highest BCUT2D eigenvalue weighted by Gasteiger charge is 2.27. The molecular formula is C24H25NO5S. The number of nitrogens with zero attached hydrogens (tertiary/aromatic N) is 1. The van der Waals surface area contributed by atoms with E-state index in [1.54, 1.807) is 18.2 Å². The summed E-state index contributed by atoms with van der Waals surface area (Å²) in [4.78, 5) is 0.147. The molecule has 0 saturated carbocycles. The molecule has 0 radical (unpaired) electrons. The standard InChI is InChI=1S/C24H25NO5S/c1-18-6-5-8-20(16-18)25(12-13-28-22-9-4-3-7-19(22)2)31(26,27)21-10-11-23-24(17-21)30-15-14-29-23/h3-11,16-17H,12-15H2,1-2H3. The van der Waals surface area contributed by atoms with Gasteiger partial charge in [-0.2, -0.15) is 0 Å². The fourth-order valence-corrected chi connectivity index (χ4v) is 4.90. The third kappa shape index (κ3) is 4.61. The summed E-state index contributed by atoms with van der Waals surface area (Å²) >= 11 is 0. The molecule has 1 aliphatic heterocycles. The number of para-hydroxylation sites is 1. The molecule has 3 aromatic carbocycles. The zero-order chi connectivity index (χ0) is 21.8. The summed E-state index contributed by atoms with van der Waals surface area (Å²) in [5, 5.41) is 0. The molecule has 3 aromatic rings. The second-order valence-electron chi connectivity index (χ2n) is 7.34. The second-order valence-corrected chi connectivity index (χ2v) is 9.20. The molecule has 0 bridgehead atoms. The highest BCUT2D eigenvalue weighted by Crippen LogP contribution is 2.34. The van der Waals surface area contributed by atoms with Crippen molar-refractivity contribution in [3.8, 4) is 17.2 Å². The smallest absolute Gasteiger partial charge is 0.264 e. The van der Waals surface area contributed by atoms with Gasteiger partial charge in [0.1, 0.15) is 25.6 Å². The third-order valence-corrected chi connectivity index (χ3v) is 6.86. The summed E-state index contributed by atoms with van der Waals surface area (Å²) in [7, 11) is -3.85. The molecule has 0 unspecified atom stereocenters. The Balaban J connectivity index is 1.64. The van der Waals surface area contributed by atoms with Gasteiger partial charge in [0.15, 0.2) is 11.5 Å². The highest BCUT2D eigenvalue weighted by molar-refractivity contribution is 7.92. The molecule has 0 saturated heterocycles. The minimum atomic E-state index is -3.85. The summed E-state index contributed by atoms with van der Waals surface area (Å²) < 4.78 is 45.6. The van der Waals surface area contributed by atoms with E-state index >= 15 is 0 Å². The van der Waals surface area contributed by atoms with E-state index in [4.69, 9.17) is 14.2 Å². The van der Waals surface area contributed by atoms with Crippen LogP contribution in [0.4, 0.5) is 5.69 Å². The van der Waals surface area contributed by atoms with Crippen LogP contribution in [-0.2, 0) is 10.0 Å². The van der Waals surface area contributed by atoms with Crippen LogP contribution in [0, 0.1) is 13.8 Å². The Kier molecular flexibility index (Phi) is 6.04. The zero-order valence-electron chi connectivity index (χ0n) is 17.6. The number of aryl methyl sites for hydroxylation is 2. The van der Waals surface area contributed by atoms with Crippen molar-refractivity contribution in [2.75, 3.05) is 30.7 Å². The lowest BCUT2D eigenvalue weighted by Gasteiger charge is -2.26. The number of ether oxygens (including phenoxy) is 3. The van der Waals surface area contributed by atoms with E-state index in [0.717, 1.165) is 16.9 Å². The molecular weight excluding hydrogens is 414 g/mol. The molecule has 6 nitrogen and oxygen atoms in total. The van der Waals surface area contributed by atoms with Crippen LogP contribution < -0.4 is 18.5 Å². The molecule has 0 fully saturated rings. The van der Waals surface area contributed by atoms with Gasteiger partial charge in [0.2, 0.25) is 0 Å². The maximum absolute atomic E-state index is 13.6. The summed E-state index contributed by atoms with van der Waals surface area (Å²) in [6.45, 7) is 5.10. The van der Waals surface area contributed by atoms with Crippen LogP contribution in [0.5, 0.6) is 17.2 Å². The van der Waals surface area contributed by atoms with Crippen LogP contribution in [0.2, 0.25) is 0 Å². The van der Waals surface area contributed by atoms with Crippen molar-refractivity contribution < 1.29 is 22.6 Å². The van der Waals surface area contributed by atoms with Gasteiger partial charge in [0.25, 0.3) is 10.0 Å². The Hall–Kier alpha value is -3.19. The maximum Gasteiger partial charge on any atom is 0.264 e. The Morgan fingerprint density at radius 3 is 2.45 bits per heavy atom. The second kappa shape index (κ2) is 8.89. The molecule has 0 aliphatic carbocycles. The van der Waals surface area contributed by atoms with Crippen molar-refractivity contribution in [1.82, 2.24) is 0 Å². The fourth-order valence-electron chi connectivity index (χ4n) is 3.44. The first-order valence-corrected chi connectivity index (χ1v) is 11.6. The van der Waals surface area contributed by atoms with Crippen molar-refractivity contribution in [2.45, 2.75) is 18.7 Å². The van der Waals surface area contributed by atoms with Crippen LogP contribution >= 0.6 is 0 Å². The van der Waals surface area contributed by atoms with E-state index < -0.39 is 10.0 Å². The summed E-state index contributed by atoms with van der Waals surface area (Å²) in [5.41, 5.74) is 2.56. The summed E-state index contributed by atoms with van der Waals surface area (Å²) in [6.07, 6.45) is 0. The molecule has 7 heteroatoms. The minimum Gasteiger partial charge on any atom is -0.491 e. The van der Waals surface area contributed by atoms with Crippen molar-refractivity contribution in [1.29, 1.82) is 0 Å². The van der Waals surface area contributed by atoms with Crippen molar-refractivity contribution in [3.63, 3.8) is 0 Å². The molecule has 0 amide bonds. The van der Waals surface area contributed by atoms with Gasteiger partial charge in [-0.3, -0.25) is 4.31 Å². The molecule has 0 N–H and O–H groups in total. The first-order chi connectivity index (χ1) is 14.9. The first-order valence-electron chi connectivity index (χ1n) is 10.1. The number of sulfonamides is 1. The Bertz CT molecular complexity index is 1180. The first kappa shape index (κ1) is 21.1. The topological polar surface area (TPSA) is 65.1 Å². The lowest BCUT2D eigenvalue weighted by atomic mass is 10.2.